The number of nitrogens with two attached hydrogens (primary N) is 1. The predicted molar refractivity (Wildman–Crippen MR) is 95.1 cm³/mol. The minimum atomic E-state index is 0. The molecule has 0 radical (unpaired) electrons. The van der Waals surface area contributed by atoms with E-state index in [9.17, 15) is 0 Å². The van der Waals surface area contributed by atoms with E-state index in [4.69, 9.17) is 20.2 Å². The van der Waals surface area contributed by atoms with Crippen LogP contribution in [0.4, 0.5) is 5.69 Å². The van der Waals surface area contributed by atoms with Crippen LogP contribution < -0.4 is 78.9 Å². The van der Waals surface area contributed by atoms with E-state index in [1.54, 1.807) is 14.2 Å². The molecule has 1 heterocycles. The second-order valence-corrected chi connectivity index (χ2v) is 5.52. The number of fused-ring (bicyclic) bond motifs is 1. The molecule has 3 N–H and O–H groups in total. The molecule has 1 aromatic heterocycles. The standard InChI is InChI=1S/C19H20N3O2.Rb/c1-12-8-14-9-15(20)5-7-17(14)19(22-12)21-11-13-4-6-16(23-2)10-18(13)24-3;/h4-7,9-10H,11,20H2,1-3H3,(H,21,22);/q-1;+1. The zero-order chi connectivity index (χ0) is 17.1. The van der Waals surface area contributed by atoms with Crippen molar-refractivity contribution < 1.29 is 67.7 Å². The molecule has 0 saturated heterocycles. The largest absolute Gasteiger partial charge is 1.00 e. The molecule has 2 aromatic carbocycles. The summed E-state index contributed by atoms with van der Waals surface area (Å²) in [4.78, 5) is 7.99. The summed E-state index contributed by atoms with van der Waals surface area (Å²) >= 11 is 0. The molecular weight excluding hydrogens is 388 g/mol. The number of anilines is 1. The number of hydrogen-bond acceptors (Lipinski definition) is 4. The van der Waals surface area contributed by atoms with Gasteiger partial charge in [0.1, 0.15) is 11.5 Å². The van der Waals surface area contributed by atoms with Crippen LogP contribution in [0.5, 0.6) is 11.5 Å². The third kappa shape index (κ3) is 4.73. The Balaban J connectivity index is 0.00000225. The molecule has 0 aliphatic carbocycles. The number of H-pyrrole nitrogens is 1. The Kier molecular flexibility index (Phi) is 7.25. The van der Waals surface area contributed by atoms with Crippen molar-refractivity contribution in [3.05, 3.63) is 59.2 Å². The van der Waals surface area contributed by atoms with Crippen molar-refractivity contribution in [3.63, 3.8) is 0 Å². The van der Waals surface area contributed by atoms with Crippen LogP contribution in [0.15, 0.2) is 41.4 Å². The molecule has 124 valence electrons. The Morgan fingerprint density at radius 2 is 1.92 bits per heavy atom. The van der Waals surface area contributed by atoms with Crippen molar-refractivity contribution in [3.8, 4) is 11.5 Å². The van der Waals surface area contributed by atoms with Gasteiger partial charge in [-0.25, -0.2) is 0 Å². The summed E-state index contributed by atoms with van der Waals surface area (Å²) in [6.07, 6.45) is 0. The number of aromatic nitrogens is 1. The van der Waals surface area contributed by atoms with Gasteiger partial charge in [-0.05, 0) is 30.4 Å². The van der Waals surface area contributed by atoms with Gasteiger partial charge < -0.3 is 20.2 Å². The summed E-state index contributed by atoms with van der Waals surface area (Å²) in [7, 11) is 3.28. The van der Waals surface area contributed by atoms with Gasteiger partial charge in [-0.3, -0.25) is 4.99 Å². The number of rotatable bonds is 4. The monoisotopic (exact) mass is 407 g/mol. The van der Waals surface area contributed by atoms with Crippen molar-refractivity contribution in [2.24, 2.45) is 4.99 Å². The van der Waals surface area contributed by atoms with E-state index in [-0.39, 0.29) is 58.2 Å². The van der Waals surface area contributed by atoms with E-state index in [0.717, 1.165) is 39.0 Å². The topological polar surface area (TPSA) is 72.6 Å². The molecule has 6 heteroatoms. The molecule has 0 unspecified atom stereocenters. The summed E-state index contributed by atoms with van der Waals surface area (Å²) in [5.41, 5.74) is 9.28. The molecule has 5 nitrogen and oxygen atoms in total. The van der Waals surface area contributed by atoms with Crippen LogP contribution in [-0.4, -0.2) is 19.2 Å². The van der Waals surface area contributed by atoms with Crippen LogP contribution in [0.3, 0.4) is 0 Å². The fourth-order valence-corrected chi connectivity index (χ4v) is 2.62. The number of aryl methyl sites for hydroxylation is 1. The van der Waals surface area contributed by atoms with Gasteiger partial charge in [0, 0.05) is 11.6 Å². The van der Waals surface area contributed by atoms with E-state index >= 15 is 0 Å². The van der Waals surface area contributed by atoms with Crippen LogP contribution in [0.1, 0.15) is 11.3 Å². The van der Waals surface area contributed by atoms with Crippen LogP contribution in [-0.2, 0) is 6.54 Å². The van der Waals surface area contributed by atoms with Gasteiger partial charge in [-0.2, -0.15) is 11.5 Å². The first kappa shape index (κ1) is 20.2. The van der Waals surface area contributed by atoms with E-state index in [0.29, 0.717) is 12.2 Å². The summed E-state index contributed by atoms with van der Waals surface area (Å²) in [6, 6.07) is 14.7. The van der Waals surface area contributed by atoms with Crippen LogP contribution >= 0.6 is 0 Å². The number of nitrogens with one attached hydrogen (secondary N) is 1. The first-order valence-electron chi connectivity index (χ1n) is 7.63. The second-order valence-electron chi connectivity index (χ2n) is 5.52. The quantitative estimate of drug-likeness (QED) is 0.471. The minimum absolute atomic E-state index is 0. The predicted octanol–water partition coefficient (Wildman–Crippen LogP) is -0.0192. The van der Waals surface area contributed by atoms with Crippen LogP contribution in [0.2, 0.25) is 0 Å². The number of hydrogen-bond donors (Lipinski definition) is 2. The number of methoxy groups -OCH3 is 2. The molecule has 0 amide bonds. The number of benzene rings is 2. The Morgan fingerprint density at radius 1 is 1.12 bits per heavy atom. The molecule has 25 heavy (non-hydrogen) atoms. The van der Waals surface area contributed by atoms with Gasteiger partial charge >= 0.3 is 58.2 Å². The molecule has 3 rings (SSSR count). The average molecular weight is 408 g/mol. The fourth-order valence-electron chi connectivity index (χ4n) is 2.62. The first-order valence-corrected chi connectivity index (χ1v) is 7.63. The maximum absolute atomic E-state index is 5.87. The summed E-state index contributed by atoms with van der Waals surface area (Å²) in [5.74, 6) is 1.51. The molecule has 0 spiro atoms. The van der Waals surface area contributed by atoms with E-state index in [1.165, 1.54) is 0 Å². The van der Waals surface area contributed by atoms with E-state index in [2.05, 4.69) is 11.1 Å². The third-order valence-corrected chi connectivity index (χ3v) is 3.83. The third-order valence-electron chi connectivity index (χ3n) is 3.83. The first-order chi connectivity index (χ1) is 11.6. The number of nitrogens with zero attached hydrogens (tertiary/aromatic N) is 1. The van der Waals surface area contributed by atoms with Crippen molar-refractivity contribution >= 4 is 16.5 Å². The number of nitrogen functional groups attached to an aromatic ring is 1. The smallest absolute Gasteiger partial charge is 0.497 e. The zero-order valence-corrected chi connectivity index (χ0v) is 19.9. The van der Waals surface area contributed by atoms with Gasteiger partial charge in [0.2, 0.25) is 0 Å². The summed E-state index contributed by atoms with van der Waals surface area (Å²) < 4.78 is 10.7. The Morgan fingerprint density at radius 3 is 2.64 bits per heavy atom. The normalized spacial score (nSPS) is 11.2. The summed E-state index contributed by atoms with van der Waals surface area (Å²) in [5, 5.41) is 1.94. The van der Waals surface area contributed by atoms with Crippen molar-refractivity contribution in [1.82, 2.24) is 4.98 Å². The van der Waals surface area contributed by atoms with Crippen molar-refractivity contribution in [2.75, 3.05) is 20.0 Å². The maximum atomic E-state index is 5.87. The maximum Gasteiger partial charge on any atom is 1.00 e. The zero-order valence-electron chi connectivity index (χ0n) is 15.0. The van der Waals surface area contributed by atoms with Gasteiger partial charge in [0.05, 0.1) is 26.3 Å². The van der Waals surface area contributed by atoms with Crippen molar-refractivity contribution in [1.29, 1.82) is 0 Å². The minimum Gasteiger partial charge on any atom is -0.497 e. The van der Waals surface area contributed by atoms with Gasteiger partial charge in [0.25, 0.3) is 0 Å². The molecule has 0 aliphatic rings. The van der Waals surface area contributed by atoms with Gasteiger partial charge in [0.15, 0.2) is 0 Å². The number of aromatic amines is 1. The number of ether oxygens (including phenoxy) is 2. The second kappa shape index (κ2) is 8.99. The molecule has 0 atom stereocenters. The Labute approximate surface area is 196 Å². The van der Waals surface area contributed by atoms with Gasteiger partial charge in [-0.1, -0.05) is 11.5 Å². The SMILES string of the molecule is COc1ccc(CN=c2[nH]c(C)[c-]c3cc(N)ccc23)c(OC)c1.[Rb+]. The Bertz CT molecular complexity index is 946. The average Bonchev–Trinajstić information content (AvgIpc) is 2.58. The van der Waals surface area contributed by atoms with E-state index in [1.807, 2.05) is 43.3 Å². The molecule has 0 aliphatic heterocycles. The molecule has 0 fully saturated rings. The van der Waals surface area contributed by atoms with Crippen molar-refractivity contribution in [2.45, 2.75) is 13.5 Å². The summed E-state index contributed by atoms with van der Waals surface area (Å²) in [6.45, 7) is 2.45. The van der Waals surface area contributed by atoms with E-state index < -0.39 is 0 Å². The number of pyridine rings is 1. The molecular formula is C19H20N3O2Rb. The Hall–Kier alpha value is -1.14. The van der Waals surface area contributed by atoms with Gasteiger partial charge in [-0.15, -0.1) is 12.1 Å². The van der Waals surface area contributed by atoms with Crippen LogP contribution in [0, 0.1) is 13.0 Å². The fraction of sp³-hybridized carbons (Fsp3) is 0.211. The molecule has 0 bridgehead atoms. The van der Waals surface area contributed by atoms with Crippen LogP contribution in [0.25, 0.3) is 10.8 Å². The molecule has 0 saturated carbocycles. The molecule has 3 aromatic rings.